The summed E-state index contributed by atoms with van der Waals surface area (Å²) in [5.41, 5.74) is 3.61. The largest absolute Gasteiger partial charge is 0.319 e. The Balaban J connectivity index is 1.87. The van der Waals surface area contributed by atoms with Crippen LogP contribution in [0.1, 0.15) is 28.7 Å². The number of carbonyl (C=O) groups excluding carboxylic acids is 1. The van der Waals surface area contributed by atoms with E-state index in [2.05, 4.69) is 25.4 Å². The van der Waals surface area contributed by atoms with E-state index < -0.39 is 0 Å². The predicted molar refractivity (Wildman–Crippen MR) is 101 cm³/mol. The average Bonchev–Trinajstić information content (AvgIpc) is 3.16. The van der Waals surface area contributed by atoms with E-state index in [0.29, 0.717) is 17.8 Å². The van der Waals surface area contributed by atoms with Crippen molar-refractivity contribution >= 4 is 22.6 Å². The summed E-state index contributed by atoms with van der Waals surface area (Å²) in [4.78, 5) is 19.5. The number of nitrogens with zero attached hydrogens (tertiary/aromatic N) is 6. The Morgan fingerprint density at radius 1 is 1.31 bits per heavy atom. The molecule has 0 unspecified atom stereocenters. The van der Waals surface area contributed by atoms with Crippen LogP contribution in [0.25, 0.3) is 11.0 Å². The Bertz CT molecular complexity index is 939. The number of hydrogen-bond acceptors (Lipinski definition) is 5. The first-order chi connectivity index (χ1) is 12.4. The van der Waals surface area contributed by atoms with E-state index in [1.54, 1.807) is 6.20 Å². The van der Waals surface area contributed by atoms with Crippen LogP contribution in [-0.4, -0.2) is 56.0 Å². The Morgan fingerprint density at radius 2 is 2.08 bits per heavy atom. The fraction of sp³-hybridized carbons (Fsp3) is 0.444. The average molecular weight is 355 g/mol. The lowest BCUT2D eigenvalue weighted by atomic mass is 10.1. The van der Waals surface area contributed by atoms with E-state index in [9.17, 15) is 4.79 Å². The lowest BCUT2D eigenvalue weighted by Gasteiger charge is -2.08. The van der Waals surface area contributed by atoms with Gasteiger partial charge in [-0.2, -0.15) is 10.2 Å². The molecule has 138 valence electrons. The molecule has 0 radical (unpaired) electrons. The van der Waals surface area contributed by atoms with Crippen molar-refractivity contribution in [3.8, 4) is 0 Å². The number of carbonyl (C=O) groups is 1. The second-order valence-corrected chi connectivity index (χ2v) is 6.66. The molecule has 0 spiro atoms. The number of rotatable bonds is 6. The van der Waals surface area contributed by atoms with E-state index in [-0.39, 0.29) is 5.91 Å². The third kappa shape index (κ3) is 3.60. The number of nitrogens with one attached hydrogen (secondary N) is 1. The maximum absolute atomic E-state index is 12.9. The fourth-order valence-corrected chi connectivity index (χ4v) is 2.93. The van der Waals surface area contributed by atoms with Gasteiger partial charge in [0.05, 0.1) is 35.1 Å². The quantitative estimate of drug-likeness (QED) is 0.732. The van der Waals surface area contributed by atoms with Crippen LogP contribution < -0.4 is 5.32 Å². The second-order valence-electron chi connectivity index (χ2n) is 6.66. The maximum atomic E-state index is 12.9. The highest BCUT2D eigenvalue weighted by Crippen LogP contribution is 2.23. The van der Waals surface area contributed by atoms with Gasteiger partial charge >= 0.3 is 0 Å². The summed E-state index contributed by atoms with van der Waals surface area (Å²) in [7, 11) is 4.03. The smallest absolute Gasteiger partial charge is 0.256 e. The van der Waals surface area contributed by atoms with Crippen LogP contribution in [-0.2, 0) is 13.1 Å². The third-order valence-corrected chi connectivity index (χ3v) is 4.22. The van der Waals surface area contributed by atoms with Crippen molar-refractivity contribution in [1.29, 1.82) is 0 Å². The number of pyridine rings is 1. The molecule has 3 aromatic rings. The molecule has 8 heteroatoms. The lowest BCUT2D eigenvalue weighted by Crippen LogP contribution is -2.18. The highest BCUT2D eigenvalue weighted by Gasteiger charge is 2.18. The molecule has 0 aliphatic heterocycles. The van der Waals surface area contributed by atoms with Gasteiger partial charge in [0.15, 0.2) is 5.65 Å². The molecule has 1 amide bonds. The van der Waals surface area contributed by atoms with Gasteiger partial charge in [-0.3, -0.25) is 9.48 Å². The zero-order valence-electron chi connectivity index (χ0n) is 15.9. The molecule has 3 aromatic heterocycles. The Morgan fingerprint density at radius 3 is 2.77 bits per heavy atom. The SMILES string of the molecule is CCn1nc(C)c2c(C(=O)Nc3cnn(CCN(C)C)c3)cc(C)nc21. The molecule has 26 heavy (non-hydrogen) atoms. The highest BCUT2D eigenvalue weighted by molar-refractivity contribution is 6.12. The molecular weight excluding hydrogens is 330 g/mol. The van der Waals surface area contributed by atoms with Gasteiger partial charge in [-0.15, -0.1) is 0 Å². The molecule has 3 heterocycles. The number of amides is 1. The number of fused-ring (bicyclic) bond motifs is 1. The van der Waals surface area contributed by atoms with E-state index in [1.165, 1.54) is 0 Å². The summed E-state index contributed by atoms with van der Waals surface area (Å²) in [6.07, 6.45) is 3.51. The second kappa shape index (κ2) is 7.25. The van der Waals surface area contributed by atoms with Gasteiger partial charge in [0.1, 0.15) is 0 Å². The first-order valence-corrected chi connectivity index (χ1v) is 8.72. The predicted octanol–water partition coefficient (Wildman–Crippen LogP) is 2.08. The van der Waals surface area contributed by atoms with E-state index in [1.807, 2.05) is 56.5 Å². The summed E-state index contributed by atoms with van der Waals surface area (Å²) >= 11 is 0. The normalized spacial score (nSPS) is 11.5. The van der Waals surface area contributed by atoms with Gasteiger partial charge in [-0.25, -0.2) is 9.67 Å². The number of hydrogen-bond donors (Lipinski definition) is 1. The first kappa shape index (κ1) is 18.1. The summed E-state index contributed by atoms with van der Waals surface area (Å²) in [6.45, 7) is 8.16. The van der Waals surface area contributed by atoms with Crippen molar-refractivity contribution in [2.24, 2.45) is 0 Å². The van der Waals surface area contributed by atoms with Crippen molar-refractivity contribution in [1.82, 2.24) is 29.4 Å². The van der Waals surface area contributed by atoms with Crippen molar-refractivity contribution < 1.29 is 4.79 Å². The Kier molecular flexibility index (Phi) is 5.03. The minimum Gasteiger partial charge on any atom is -0.319 e. The van der Waals surface area contributed by atoms with Crippen LogP contribution in [0.2, 0.25) is 0 Å². The molecule has 0 aliphatic rings. The molecular formula is C18H25N7O. The van der Waals surface area contributed by atoms with Gasteiger partial charge in [-0.05, 0) is 40.9 Å². The van der Waals surface area contributed by atoms with E-state index >= 15 is 0 Å². The number of aryl methyl sites for hydroxylation is 3. The molecule has 0 bridgehead atoms. The number of likely N-dealkylation sites (N-methyl/N-ethyl adjacent to an activating group) is 1. The van der Waals surface area contributed by atoms with E-state index in [0.717, 1.165) is 35.5 Å². The minimum absolute atomic E-state index is 0.175. The zero-order chi connectivity index (χ0) is 18.8. The summed E-state index contributed by atoms with van der Waals surface area (Å²) < 4.78 is 3.65. The van der Waals surface area contributed by atoms with Crippen LogP contribution in [0.4, 0.5) is 5.69 Å². The fourth-order valence-electron chi connectivity index (χ4n) is 2.93. The Labute approximate surface area is 152 Å². The van der Waals surface area contributed by atoms with Gasteiger partial charge in [0.25, 0.3) is 5.91 Å². The van der Waals surface area contributed by atoms with Crippen LogP contribution in [0, 0.1) is 13.8 Å². The summed E-state index contributed by atoms with van der Waals surface area (Å²) in [5, 5.41) is 12.5. The summed E-state index contributed by atoms with van der Waals surface area (Å²) in [6, 6.07) is 1.81. The van der Waals surface area contributed by atoms with Crippen molar-refractivity contribution in [2.75, 3.05) is 26.0 Å². The maximum Gasteiger partial charge on any atom is 0.256 e. The third-order valence-electron chi connectivity index (χ3n) is 4.22. The van der Waals surface area contributed by atoms with Crippen LogP contribution in [0.5, 0.6) is 0 Å². The highest BCUT2D eigenvalue weighted by atomic mass is 16.1. The molecule has 0 fully saturated rings. The number of aromatic nitrogens is 5. The van der Waals surface area contributed by atoms with Gasteiger partial charge in [0.2, 0.25) is 0 Å². The standard InChI is InChI=1S/C18H25N7O/c1-6-25-17-16(13(3)22-25)15(9-12(2)20-17)18(26)21-14-10-19-24(11-14)8-7-23(4)5/h9-11H,6-8H2,1-5H3,(H,21,26). The molecule has 0 saturated carbocycles. The summed E-state index contributed by atoms with van der Waals surface area (Å²) in [5.74, 6) is -0.175. The zero-order valence-corrected chi connectivity index (χ0v) is 15.9. The molecule has 0 saturated heterocycles. The molecule has 0 aromatic carbocycles. The molecule has 8 nitrogen and oxygen atoms in total. The van der Waals surface area contributed by atoms with Gasteiger partial charge < -0.3 is 10.2 Å². The van der Waals surface area contributed by atoms with Crippen LogP contribution >= 0.6 is 0 Å². The van der Waals surface area contributed by atoms with Crippen molar-refractivity contribution in [3.05, 3.63) is 35.4 Å². The van der Waals surface area contributed by atoms with Gasteiger partial charge in [-0.1, -0.05) is 0 Å². The van der Waals surface area contributed by atoms with Crippen LogP contribution in [0.15, 0.2) is 18.5 Å². The van der Waals surface area contributed by atoms with Crippen molar-refractivity contribution in [3.63, 3.8) is 0 Å². The Hall–Kier alpha value is -2.74. The van der Waals surface area contributed by atoms with Crippen molar-refractivity contribution in [2.45, 2.75) is 33.9 Å². The van der Waals surface area contributed by atoms with E-state index in [4.69, 9.17) is 0 Å². The minimum atomic E-state index is -0.175. The van der Waals surface area contributed by atoms with Crippen LogP contribution in [0.3, 0.4) is 0 Å². The monoisotopic (exact) mass is 355 g/mol. The topological polar surface area (TPSA) is 80.9 Å². The lowest BCUT2D eigenvalue weighted by molar-refractivity contribution is 0.102. The molecule has 0 aliphatic carbocycles. The molecule has 1 N–H and O–H groups in total. The molecule has 0 atom stereocenters. The molecule has 3 rings (SSSR count). The van der Waals surface area contributed by atoms with Gasteiger partial charge in [0, 0.05) is 25.0 Å². The first-order valence-electron chi connectivity index (χ1n) is 8.72. The number of anilines is 1.